The normalized spacial score (nSPS) is 14.8. The molecule has 8 heteroatoms. The van der Waals surface area contributed by atoms with Crippen LogP contribution < -0.4 is 5.43 Å². The number of aromatic nitrogens is 1. The van der Waals surface area contributed by atoms with Crippen LogP contribution in [0, 0.1) is 13.8 Å². The van der Waals surface area contributed by atoms with Crippen LogP contribution in [0.1, 0.15) is 32.7 Å². The van der Waals surface area contributed by atoms with Crippen molar-refractivity contribution in [3.05, 3.63) is 111 Å². The van der Waals surface area contributed by atoms with Crippen molar-refractivity contribution >= 4 is 68.7 Å². The number of hydrazine groups is 1. The summed E-state index contributed by atoms with van der Waals surface area (Å²) in [6, 6.07) is 23.5. The summed E-state index contributed by atoms with van der Waals surface area (Å²) in [6.45, 7) is 4.66. The van der Waals surface area contributed by atoms with Crippen LogP contribution in [0.3, 0.4) is 0 Å². The number of benzene rings is 3. The molecule has 5 nitrogen and oxygen atoms in total. The van der Waals surface area contributed by atoms with Crippen LogP contribution in [0.4, 0.5) is 0 Å². The van der Waals surface area contributed by atoms with Gasteiger partial charge in [-0.05, 0) is 61.5 Å². The maximum absolute atomic E-state index is 13.3. The van der Waals surface area contributed by atoms with Crippen LogP contribution in [0.2, 0.25) is 5.02 Å². The summed E-state index contributed by atoms with van der Waals surface area (Å²) in [5.74, 6) is -0.867. The van der Waals surface area contributed by atoms with Crippen LogP contribution in [0.25, 0.3) is 17.0 Å². The highest BCUT2D eigenvalue weighted by molar-refractivity contribution is 8.26. The summed E-state index contributed by atoms with van der Waals surface area (Å²) in [6.07, 6.45) is 1.86. The maximum Gasteiger partial charge on any atom is 0.285 e. The van der Waals surface area contributed by atoms with Crippen molar-refractivity contribution in [3.8, 4) is 0 Å². The van der Waals surface area contributed by atoms with Crippen LogP contribution in [-0.4, -0.2) is 25.7 Å². The first-order valence-corrected chi connectivity index (χ1v) is 12.9. The zero-order valence-corrected chi connectivity index (χ0v) is 22.0. The Morgan fingerprint density at radius 3 is 2.53 bits per heavy atom. The Bertz CT molecular complexity index is 1560. The molecule has 2 heterocycles. The Hall–Kier alpha value is -3.39. The Kier molecular flexibility index (Phi) is 6.71. The van der Waals surface area contributed by atoms with E-state index in [4.69, 9.17) is 23.8 Å². The molecule has 180 valence electrons. The molecule has 0 spiro atoms. The Balaban J connectivity index is 1.46. The number of carbonyl (C=O) groups is 2. The summed E-state index contributed by atoms with van der Waals surface area (Å²) in [7, 11) is 0. The van der Waals surface area contributed by atoms with Gasteiger partial charge < -0.3 is 4.57 Å². The van der Waals surface area contributed by atoms with Crippen molar-refractivity contribution in [2.75, 3.05) is 0 Å². The second-order valence-electron chi connectivity index (χ2n) is 8.53. The van der Waals surface area contributed by atoms with Crippen molar-refractivity contribution in [3.63, 3.8) is 0 Å². The lowest BCUT2D eigenvalue weighted by Gasteiger charge is -2.16. The summed E-state index contributed by atoms with van der Waals surface area (Å²) >= 11 is 12.8. The largest absolute Gasteiger partial charge is 0.340 e. The second kappa shape index (κ2) is 9.93. The minimum Gasteiger partial charge on any atom is -0.340 e. The monoisotopic (exact) mass is 531 g/mol. The number of nitrogens with zero attached hydrogens (tertiary/aromatic N) is 2. The number of thioether (sulfide) groups is 1. The fourth-order valence-electron chi connectivity index (χ4n) is 4.27. The van der Waals surface area contributed by atoms with E-state index in [1.54, 1.807) is 18.2 Å². The fraction of sp³-hybridized carbons (Fsp3) is 0.107. The summed E-state index contributed by atoms with van der Waals surface area (Å²) in [4.78, 5) is 26.5. The van der Waals surface area contributed by atoms with Gasteiger partial charge in [0.05, 0.1) is 15.5 Å². The van der Waals surface area contributed by atoms with Crippen LogP contribution >= 0.6 is 35.6 Å². The molecule has 0 aliphatic carbocycles. The number of fused-ring (bicyclic) bond motifs is 1. The molecule has 1 saturated heterocycles. The number of nitrogens with one attached hydrogen (secondary N) is 1. The number of halogens is 1. The van der Waals surface area contributed by atoms with Crippen molar-refractivity contribution < 1.29 is 9.59 Å². The molecule has 0 unspecified atom stereocenters. The van der Waals surface area contributed by atoms with E-state index in [2.05, 4.69) is 41.2 Å². The molecular weight excluding hydrogens is 510 g/mol. The van der Waals surface area contributed by atoms with E-state index in [1.165, 1.54) is 5.56 Å². The molecule has 0 bridgehead atoms. The van der Waals surface area contributed by atoms with Crippen molar-refractivity contribution in [2.24, 2.45) is 0 Å². The van der Waals surface area contributed by atoms with Gasteiger partial charge in [0.1, 0.15) is 0 Å². The molecule has 3 aromatic carbocycles. The van der Waals surface area contributed by atoms with Crippen LogP contribution in [0.5, 0.6) is 0 Å². The summed E-state index contributed by atoms with van der Waals surface area (Å²) in [5, 5.41) is 2.48. The van der Waals surface area contributed by atoms with Gasteiger partial charge in [-0.25, -0.2) is 0 Å². The number of para-hydroxylation sites is 1. The highest BCUT2D eigenvalue weighted by Crippen LogP contribution is 2.35. The SMILES string of the molecule is Cc1ccc(C(=O)NN2C(=O)/C(=C/c3c(C)n(Cc4ccccc4)c4ccccc34)SC2=S)c(Cl)c1. The number of amides is 2. The number of hydrogen-bond donors (Lipinski definition) is 1. The van der Waals surface area contributed by atoms with E-state index in [0.29, 0.717) is 9.93 Å². The average molecular weight is 532 g/mol. The lowest BCUT2D eigenvalue weighted by atomic mass is 10.1. The smallest absolute Gasteiger partial charge is 0.285 e. The van der Waals surface area contributed by atoms with Gasteiger partial charge in [-0.2, -0.15) is 5.01 Å². The average Bonchev–Trinajstić information content (AvgIpc) is 3.28. The first-order chi connectivity index (χ1) is 17.3. The topological polar surface area (TPSA) is 54.3 Å². The van der Waals surface area contributed by atoms with Gasteiger partial charge in [-0.3, -0.25) is 15.0 Å². The molecule has 0 radical (unpaired) electrons. The predicted molar refractivity (Wildman–Crippen MR) is 151 cm³/mol. The Labute approximate surface area is 223 Å². The first kappa shape index (κ1) is 24.3. The van der Waals surface area contributed by atoms with Gasteiger partial charge >= 0.3 is 0 Å². The first-order valence-electron chi connectivity index (χ1n) is 11.3. The van der Waals surface area contributed by atoms with E-state index in [1.807, 2.05) is 43.3 Å². The number of rotatable bonds is 5. The Morgan fingerprint density at radius 2 is 1.78 bits per heavy atom. The van der Waals surface area contributed by atoms with Crippen LogP contribution in [-0.2, 0) is 11.3 Å². The predicted octanol–water partition coefficient (Wildman–Crippen LogP) is 6.51. The van der Waals surface area contributed by atoms with Crippen molar-refractivity contribution in [1.29, 1.82) is 0 Å². The second-order valence-corrected chi connectivity index (χ2v) is 10.6. The third kappa shape index (κ3) is 4.57. The molecule has 4 aromatic rings. The fourth-order valence-corrected chi connectivity index (χ4v) is 5.75. The molecule has 36 heavy (non-hydrogen) atoms. The van der Waals surface area contributed by atoms with Gasteiger partial charge in [0.2, 0.25) is 0 Å². The van der Waals surface area contributed by atoms with Gasteiger partial charge in [0.25, 0.3) is 11.8 Å². The highest BCUT2D eigenvalue weighted by Gasteiger charge is 2.34. The van der Waals surface area contributed by atoms with E-state index in [9.17, 15) is 9.59 Å². The molecule has 0 atom stereocenters. The maximum atomic E-state index is 13.3. The van der Waals surface area contributed by atoms with Crippen molar-refractivity contribution in [1.82, 2.24) is 15.0 Å². The van der Waals surface area contributed by atoms with Gasteiger partial charge in [0.15, 0.2) is 4.32 Å². The molecule has 1 aromatic heterocycles. The minimum absolute atomic E-state index is 0.258. The summed E-state index contributed by atoms with van der Waals surface area (Å²) in [5.41, 5.74) is 8.10. The molecule has 0 saturated carbocycles. The molecular formula is C28H22ClN3O2S2. The third-order valence-electron chi connectivity index (χ3n) is 6.11. The molecule has 1 N–H and O–H groups in total. The van der Waals surface area contributed by atoms with E-state index >= 15 is 0 Å². The standard InChI is InChI=1S/C28H22ClN3O2S2/c1-17-12-13-21(23(29)14-17)26(33)30-32-27(34)25(36-28(32)35)15-22-18(2)31(16-19-8-4-3-5-9-19)24-11-7-6-10-20(22)24/h3-15H,16H2,1-2H3,(H,30,33)/b25-15-. The number of thiocarbonyl (C=S) groups is 1. The number of carbonyl (C=O) groups excluding carboxylic acids is 2. The molecule has 2 amide bonds. The van der Waals surface area contributed by atoms with Gasteiger partial charge in [-0.1, -0.05) is 78.0 Å². The third-order valence-corrected chi connectivity index (χ3v) is 7.73. The van der Waals surface area contributed by atoms with Gasteiger partial charge in [-0.15, -0.1) is 0 Å². The van der Waals surface area contributed by atoms with E-state index < -0.39 is 5.91 Å². The van der Waals surface area contributed by atoms with Crippen LogP contribution in [0.15, 0.2) is 77.7 Å². The quantitative estimate of drug-likeness (QED) is 0.236. The summed E-state index contributed by atoms with van der Waals surface area (Å²) < 4.78 is 2.51. The lowest BCUT2D eigenvalue weighted by molar-refractivity contribution is -0.123. The highest BCUT2D eigenvalue weighted by atomic mass is 35.5. The Morgan fingerprint density at radius 1 is 1.06 bits per heavy atom. The molecule has 1 fully saturated rings. The zero-order chi connectivity index (χ0) is 25.4. The van der Waals surface area contributed by atoms with E-state index in [0.717, 1.165) is 51.0 Å². The van der Waals surface area contributed by atoms with Gasteiger partial charge in [0, 0.05) is 28.7 Å². The molecule has 1 aliphatic rings. The minimum atomic E-state index is -0.492. The number of hydrogen-bond acceptors (Lipinski definition) is 4. The number of aryl methyl sites for hydroxylation is 1. The van der Waals surface area contributed by atoms with E-state index in [-0.39, 0.29) is 15.8 Å². The lowest BCUT2D eigenvalue weighted by Crippen LogP contribution is -2.44. The zero-order valence-electron chi connectivity index (χ0n) is 19.6. The molecule has 1 aliphatic heterocycles. The van der Waals surface area contributed by atoms with Crippen molar-refractivity contribution in [2.45, 2.75) is 20.4 Å². The molecule has 5 rings (SSSR count).